The van der Waals surface area contributed by atoms with E-state index >= 15 is 0 Å². The Kier molecular flexibility index (Phi) is 6.94. The zero-order valence-electron chi connectivity index (χ0n) is 17.8. The van der Waals surface area contributed by atoms with E-state index in [1.807, 2.05) is 6.07 Å². The van der Waals surface area contributed by atoms with Crippen LogP contribution in [0.5, 0.6) is 5.75 Å². The third-order valence-corrected chi connectivity index (χ3v) is 6.74. The van der Waals surface area contributed by atoms with Crippen LogP contribution < -0.4 is 4.74 Å². The number of aliphatic hydroxyl groups is 1. The Hall–Kier alpha value is -2.09. The smallest absolute Gasteiger partial charge is 0.417 e. The number of halogens is 5. The molecule has 2 nitrogen and oxygen atoms in total. The monoisotopic (exact) mass is 486 g/mol. The van der Waals surface area contributed by atoms with Crippen LogP contribution in [0.3, 0.4) is 0 Å². The van der Waals surface area contributed by atoms with Crippen LogP contribution in [0.25, 0.3) is 10.4 Å². The quantitative estimate of drug-likeness (QED) is 0.352. The van der Waals surface area contributed by atoms with Gasteiger partial charge in [0.05, 0.1) is 11.4 Å². The molecule has 0 aliphatic carbocycles. The molecule has 0 amide bonds. The summed E-state index contributed by atoms with van der Waals surface area (Å²) >= 11 is 7.32. The summed E-state index contributed by atoms with van der Waals surface area (Å²) in [5.41, 5.74) is -2.84. The molecule has 0 aliphatic rings. The number of rotatable bonds is 7. The van der Waals surface area contributed by atoms with Gasteiger partial charge in [-0.1, -0.05) is 49.7 Å². The Morgan fingerprint density at radius 3 is 2.19 bits per heavy atom. The molecule has 2 aromatic carbocycles. The third-order valence-electron chi connectivity index (χ3n) is 5.46. The minimum atomic E-state index is -4.90. The molecule has 0 spiro atoms. The topological polar surface area (TPSA) is 29.5 Å². The maximum absolute atomic E-state index is 14.1. The van der Waals surface area contributed by atoms with Gasteiger partial charge in [0, 0.05) is 16.9 Å². The SMILES string of the molecule is COc1ccc(F)cc1C(C)(C)CC(O)(Cc1ccc(-c2ccc(Cl)s2)cc1)C(F)(F)F. The normalized spacial score (nSPS) is 14.3. The number of hydrogen-bond acceptors (Lipinski definition) is 3. The van der Waals surface area contributed by atoms with Crippen molar-refractivity contribution in [3.8, 4) is 16.2 Å². The van der Waals surface area contributed by atoms with Gasteiger partial charge < -0.3 is 9.84 Å². The van der Waals surface area contributed by atoms with E-state index in [1.165, 1.54) is 44.4 Å². The van der Waals surface area contributed by atoms with E-state index in [2.05, 4.69) is 0 Å². The van der Waals surface area contributed by atoms with E-state index in [9.17, 15) is 22.7 Å². The highest BCUT2D eigenvalue weighted by Gasteiger charge is 2.56. The van der Waals surface area contributed by atoms with Crippen LogP contribution in [0, 0.1) is 5.82 Å². The fourth-order valence-electron chi connectivity index (χ4n) is 3.89. The van der Waals surface area contributed by atoms with Crippen LogP contribution in [-0.2, 0) is 11.8 Å². The van der Waals surface area contributed by atoms with Gasteiger partial charge in [-0.2, -0.15) is 13.2 Å². The van der Waals surface area contributed by atoms with Crippen LogP contribution in [0.4, 0.5) is 17.6 Å². The van der Waals surface area contributed by atoms with E-state index in [1.54, 1.807) is 30.3 Å². The van der Waals surface area contributed by atoms with Gasteiger partial charge in [-0.05, 0) is 53.3 Å². The van der Waals surface area contributed by atoms with Gasteiger partial charge in [-0.3, -0.25) is 0 Å². The molecular weight excluding hydrogens is 464 g/mol. The Bertz CT molecular complexity index is 1080. The van der Waals surface area contributed by atoms with Crippen molar-refractivity contribution in [3.05, 3.63) is 75.9 Å². The maximum Gasteiger partial charge on any atom is 0.417 e. The fourth-order valence-corrected chi connectivity index (χ4v) is 4.94. The van der Waals surface area contributed by atoms with Crippen molar-refractivity contribution in [2.24, 2.45) is 0 Å². The van der Waals surface area contributed by atoms with E-state index in [-0.39, 0.29) is 11.3 Å². The van der Waals surface area contributed by atoms with Crippen molar-refractivity contribution < 1.29 is 27.4 Å². The molecule has 1 heterocycles. The molecule has 3 aromatic rings. The molecule has 1 atom stereocenters. The maximum atomic E-state index is 14.1. The number of benzene rings is 2. The lowest BCUT2D eigenvalue weighted by molar-refractivity contribution is -0.266. The summed E-state index contributed by atoms with van der Waals surface area (Å²) in [5.74, 6) is -0.325. The molecule has 0 saturated heterocycles. The molecule has 0 bridgehead atoms. The number of thiophene rings is 1. The summed E-state index contributed by atoms with van der Waals surface area (Å²) in [7, 11) is 1.37. The Morgan fingerprint density at radius 2 is 1.66 bits per heavy atom. The first-order valence-electron chi connectivity index (χ1n) is 9.82. The van der Waals surface area contributed by atoms with Gasteiger partial charge in [0.2, 0.25) is 0 Å². The average Bonchev–Trinajstić information content (AvgIpc) is 3.13. The molecule has 1 aromatic heterocycles. The average molecular weight is 487 g/mol. The van der Waals surface area contributed by atoms with Gasteiger partial charge >= 0.3 is 6.18 Å². The van der Waals surface area contributed by atoms with Gasteiger partial charge in [-0.25, -0.2) is 4.39 Å². The summed E-state index contributed by atoms with van der Waals surface area (Å²) in [6.45, 7) is 3.06. The minimum Gasteiger partial charge on any atom is -0.496 e. The molecule has 0 fully saturated rings. The molecule has 172 valence electrons. The van der Waals surface area contributed by atoms with Crippen molar-refractivity contribution in [2.75, 3.05) is 7.11 Å². The summed E-state index contributed by atoms with van der Waals surface area (Å²) in [6.07, 6.45) is -6.21. The molecule has 0 radical (unpaired) electrons. The first kappa shape index (κ1) is 24.6. The van der Waals surface area contributed by atoms with Crippen LogP contribution in [0.15, 0.2) is 54.6 Å². The van der Waals surface area contributed by atoms with E-state index in [4.69, 9.17) is 16.3 Å². The van der Waals surface area contributed by atoms with Crippen LogP contribution in [0.2, 0.25) is 4.34 Å². The summed E-state index contributed by atoms with van der Waals surface area (Å²) in [4.78, 5) is 0.895. The second-order valence-electron chi connectivity index (χ2n) is 8.41. The molecule has 3 rings (SSSR count). The van der Waals surface area contributed by atoms with Crippen LogP contribution in [0.1, 0.15) is 31.4 Å². The van der Waals surface area contributed by atoms with Crippen molar-refractivity contribution in [3.63, 3.8) is 0 Å². The standard InChI is InChI=1S/C24H23ClF4O2S/c1-22(2,18-12-17(26)8-9-19(18)31-3)14-23(30,24(27,28)29)13-15-4-6-16(7-5-15)20-10-11-21(25)32-20/h4-12,30H,13-14H2,1-3H3. The molecular formula is C24H23ClF4O2S. The molecule has 1 unspecified atom stereocenters. The lowest BCUT2D eigenvalue weighted by Gasteiger charge is -2.38. The molecule has 8 heteroatoms. The third kappa shape index (κ3) is 5.27. The van der Waals surface area contributed by atoms with Gasteiger partial charge in [0.25, 0.3) is 0 Å². The van der Waals surface area contributed by atoms with Gasteiger partial charge in [0.1, 0.15) is 11.6 Å². The van der Waals surface area contributed by atoms with E-state index < -0.39 is 35.9 Å². The largest absolute Gasteiger partial charge is 0.496 e. The second kappa shape index (κ2) is 9.04. The van der Waals surface area contributed by atoms with Crippen molar-refractivity contribution in [1.29, 1.82) is 0 Å². The zero-order chi connectivity index (χ0) is 23.7. The highest BCUT2D eigenvalue weighted by atomic mass is 35.5. The van der Waals surface area contributed by atoms with E-state index in [0.717, 1.165) is 16.5 Å². The van der Waals surface area contributed by atoms with Crippen molar-refractivity contribution >= 4 is 22.9 Å². The van der Waals surface area contributed by atoms with Crippen LogP contribution in [-0.4, -0.2) is 24.0 Å². The van der Waals surface area contributed by atoms with Crippen LogP contribution >= 0.6 is 22.9 Å². The minimum absolute atomic E-state index is 0.257. The summed E-state index contributed by atoms with van der Waals surface area (Å²) in [6, 6.07) is 13.8. The lowest BCUT2D eigenvalue weighted by atomic mass is 9.72. The highest BCUT2D eigenvalue weighted by Crippen LogP contribution is 2.45. The Morgan fingerprint density at radius 1 is 1.00 bits per heavy atom. The number of alkyl halides is 3. The van der Waals surface area contributed by atoms with Gasteiger partial charge in [0.15, 0.2) is 5.60 Å². The number of methoxy groups -OCH3 is 1. The van der Waals surface area contributed by atoms with Crippen molar-refractivity contribution in [2.45, 2.75) is 43.9 Å². The Labute approximate surface area is 193 Å². The molecule has 1 N–H and O–H groups in total. The first-order chi connectivity index (χ1) is 14.8. The van der Waals surface area contributed by atoms with Crippen molar-refractivity contribution in [1.82, 2.24) is 0 Å². The fraction of sp³-hybridized carbons (Fsp3) is 0.333. The summed E-state index contributed by atoms with van der Waals surface area (Å²) in [5, 5.41) is 10.8. The first-order valence-corrected chi connectivity index (χ1v) is 11.0. The predicted octanol–water partition coefficient (Wildman–Crippen LogP) is 7.42. The number of ether oxygens (including phenoxy) is 1. The highest BCUT2D eigenvalue weighted by molar-refractivity contribution is 7.19. The van der Waals surface area contributed by atoms with Gasteiger partial charge in [-0.15, -0.1) is 11.3 Å². The predicted molar refractivity (Wildman–Crippen MR) is 120 cm³/mol. The Balaban J connectivity index is 1.91. The second-order valence-corrected chi connectivity index (χ2v) is 10.1. The lowest BCUT2D eigenvalue weighted by Crippen LogP contribution is -2.50. The zero-order valence-corrected chi connectivity index (χ0v) is 19.3. The molecule has 32 heavy (non-hydrogen) atoms. The molecule has 0 saturated carbocycles. The summed E-state index contributed by atoms with van der Waals surface area (Å²) < 4.78 is 61.9. The number of hydrogen-bond donors (Lipinski definition) is 1. The van der Waals surface area contributed by atoms with E-state index in [0.29, 0.717) is 9.90 Å². The molecule has 0 aliphatic heterocycles.